The SMILES string of the molecule is COc1ccc(Nc2ncc(Br)cc2Br)cc1Br. The molecule has 0 radical (unpaired) electrons. The van der Waals surface area contributed by atoms with E-state index < -0.39 is 0 Å². The van der Waals surface area contributed by atoms with Crippen molar-refractivity contribution in [3.63, 3.8) is 0 Å². The lowest BCUT2D eigenvalue weighted by Crippen LogP contribution is -1.95. The predicted molar refractivity (Wildman–Crippen MR) is 83.6 cm³/mol. The van der Waals surface area contributed by atoms with Gasteiger partial charge in [-0.1, -0.05) is 0 Å². The molecule has 2 aromatic rings. The van der Waals surface area contributed by atoms with Crippen LogP contribution in [0.4, 0.5) is 11.5 Å². The summed E-state index contributed by atoms with van der Waals surface area (Å²) in [6, 6.07) is 7.70. The maximum atomic E-state index is 5.18. The standard InChI is InChI=1S/C12H9Br3N2O/c1-18-11-3-2-8(5-9(11)14)17-12-10(15)4-7(13)6-16-12/h2-6H,1H3,(H,16,17). The average Bonchev–Trinajstić information content (AvgIpc) is 2.33. The van der Waals surface area contributed by atoms with E-state index in [-0.39, 0.29) is 0 Å². The second kappa shape index (κ2) is 6.04. The zero-order valence-corrected chi connectivity index (χ0v) is 14.1. The van der Waals surface area contributed by atoms with Gasteiger partial charge in [0, 0.05) is 16.4 Å². The van der Waals surface area contributed by atoms with Crippen LogP contribution in [0.25, 0.3) is 0 Å². The van der Waals surface area contributed by atoms with Crippen molar-refractivity contribution >= 4 is 59.3 Å². The number of nitrogens with zero attached hydrogens (tertiary/aromatic N) is 1. The number of ether oxygens (including phenoxy) is 1. The van der Waals surface area contributed by atoms with Crippen LogP contribution in [-0.4, -0.2) is 12.1 Å². The highest BCUT2D eigenvalue weighted by atomic mass is 79.9. The Morgan fingerprint density at radius 1 is 1.11 bits per heavy atom. The third-order valence-electron chi connectivity index (χ3n) is 2.22. The van der Waals surface area contributed by atoms with Gasteiger partial charge in [-0.2, -0.15) is 0 Å². The smallest absolute Gasteiger partial charge is 0.144 e. The molecule has 6 heteroatoms. The van der Waals surface area contributed by atoms with Gasteiger partial charge in [0.05, 0.1) is 16.1 Å². The van der Waals surface area contributed by atoms with Gasteiger partial charge in [0.1, 0.15) is 11.6 Å². The molecule has 94 valence electrons. The summed E-state index contributed by atoms with van der Waals surface area (Å²) in [7, 11) is 1.64. The Labute approximate surface area is 130 Å². The highest BCUT2D eigenvalue weighted by Gasteiger charge is 2.05. The first kappa shape index (κ1) is 13.8. The maximum Gasteiger partial charge on any atom is 0.144 e. The minimum absolute atomic E-state index is 0.760. The van der Waals surface area contributed by atoms with Crippen LogP contribution < -0.4 is 10.1 Å². The number of aromatic nitrogens is 1. The second-order valence-electron chi connectivity index (χ2n) is 3.46. The molecule has 0 atom stereocenters. The van der Waals surface area contributed by atoms with Crippen LogP contribution >= 0.6 is 47.8 Å². The quantitative estimate of drug-likeness (QED) is 0.725. The summed E-state index contributed by atoms with van der Waals surface area (Å²) in [5.41, 5.74) is 0.929. The van der Waals surface area contributed by atoms with Crippen LogP contribution in [0.1, 0.15) is 0 Å². The zero-order valence-electron chi connectivity index (χ0n) is 9.38. The summed E-state index contributed by atoms with van der Waals surface area (Å²) < 4.78 is 7.89. The minimum Gasteiger partial charge on any atom is -0.496 e. The van der Waals surface area contributed by atoms with Gasteiger partial charge in [0.15, 0.2) is 0 Å². The number of hydrogen-bond acceptors (Lipinski definition) is 3. The maximum absolute atomic E-state index is 5.18. The lowest BCUT2D eigenvalue weighted by atomic mass is 10.3. The fourth-order valence-electron chi connectivity index (χ4n) is 1.39. The van der Waals surface area contributed by atoms with Crippen molar-refractivity contribution in [1.29, 1.82) is 0 Å². The number of anilines is 2. The molecular weight excluding hydrogens is 428 g/mol. The molecule has 0 aliphatic carbocycles. The van der Waals surface area contributed by atoms with Gasteiger partial charge in [-0.3, -0.25) is 0 Å². The van der Waals surface area contributed by atoms with Gasteiger partial charge in [-0.25, -0.2) is 4.98 Å². The molecule has 1 N–H and O–H groups in total. The van der Waals surface area contributed by atoms with Gasteiger partial charge in [-0.05, 0) is 72.1 Å². The van der Waals surface area contributed by atoms with Gasteiger partial charge >= 0.3 is 0 Å². The molecule has 2 rings (SSSR count). The normalized spacial score (nSPS) is 10.2. The van der Waals surface area contributed by atoms with E-state index >= 15 is 0 Å². The second-order valence-corrected chi connectivity index (χ2v) is 6.08. The Bertz CT molecular complexity index is 575. The van der Waals surface area contributed by atoms with Crippen LogP contribution in [0.2, 0.25) is 0 Å². The number of halogens is 3. The summed E-state index contributed by atoms with van der Waals surface area (Å²) in [5.74, 6) is 1.55. The van der Waals surface area contributed by atoms with E-state index in [2.05, 4.69) is 58.1 Å². The third kappa shape index (κ3) is 3.24. The molecule has 1 aromatic heterocycles. The third-order valence-corrected chi connectivity index (χ3v) is 3.88. The van der Waals surface area contributed by atoms with Crippen LogP contribution in [0.3, 0.4) is 0 Å². The van der Waals surface area contributed by atoms with Gasteiger partial charge in [0.25, 0.3) is 0 Å². The van der Waals surface area contributed by atoms with Gasteiger partial charge < -0.3 is 10.1 Å². The molecule has 0 spiro atoms. The van der Waals surface area contributed by atoms with E-state index in [1.54, 1.807) is 13.3 Å². The van der Waals surface area contributed by atoms with Crippen LogP contribution in [0.5, 0.6) is 5.75 Å². The topological polar surface area (TPSA) is 34.1 Å². The van der Waals surface area contributed by atoms with Crippen LogP contribution in [0.15, 0.2) is 43.9 Å². The van der Waals surface area contributed by atoms with Crippen LogP contribution in [-0.2, 0) is 0 Å². The Hall–Kier alpha value is -0.590. The first-order valence-electron chi connectivity index (χ1n) is 5.02. The highest BCUT2D eigenvalue weighted by molar-refractivity contribution is 9.11. The lowest BCUT2D eigenvalue weighted by molar-refractivity contribution is 0.412. The molecule has 1 aromatic carbocycles. The van der Waals surface area contributed by atoms with E-state index in [0.29, 0.717) is 0 Å². The average molecular weight is 437 g/mol. The number of methoxy groups -OCH3 is 1. The molecule has 18 heavy (non-hydrogen) atoms. The fraction of sp³-hybridized carbons (Fsp3) is 0.0833. The zero-order chi connectivity index (χ0) is 13.1. The van der Waals surface area contributed by atoms with Crippen molar-refractivity contribution < 1.29 is 4.74 Å². The van der Waals surface area contributed by atoms with E-state index in [0.717, 1.165) is 30.7 Å². The molecule has 0 aliphatic heterocycles. The number of benzene rings is 1. The monoisotopic (exact) mass is 434 g/mol. The summed E-state index contributed by atoms with van der Waals surface area (Å²) in [5, 5.41) is 3.23. The largest absolute Gasteiger partial charge is 0.496 e. The lowest BCUT2D eigenvalue weighted by Gasteiger charge is -2.10. The molecule has 0 amide bonds. The number of rotatable bonds is 3. The molecule has 0 fully saturated rings. The molecule has 0 saturated carbocycles. The number of pyridine rings is 1. The molecular formula is C12H9Br3N2O. The van der Waals surface area contributed by atoms with Crippen molar-refractivity contribution in [2.75, 3.05) is 12.4 Å². The summed E-state index contributed by atoms with van der Waals surface area (Å²) >= 11 is 10.3. The van der Waals surface area contributed by atoms with E-state index in [9.17, 15) is 0 Å². The van der Waals surface area contributed by atoms with Gasteiger partial charge in [0.2, 0.25) is 0 Å². The predicted octanol–water partition coefficient (Wildman–Crippen LogP) is 5.12. The summed E-state index contributed by atoms with van der Waals surface area (Å²) in [6.45, 7) is 0. The minimum atomic E-state index is 0.760. The Morgan fingerprint density at radius 3 is 2.50 bits per heavy atom. The fourth-order valence-corrected chi connectivity index (χ4v) is 3.01. The van der Waals surface area contributed by atoms with E-state index in [1.165, 1.54) is 0 Å². The van der Waals surface area contributed by atoms with Crippen molar-refractivity contribution in [1.82, 2.24) is 4.98 Å². The van der Waals surface area contributed by atoms with Gasteiger partial charge in [-0.15, -0.1) is 0 Å². The summed E-state index contributed by atoms with van der Waals surface area (Å²) in [6.07, 6.45) is 1.74. The van der Waals surface area contributed by atoms with Crippen LogP contribution in [0, 0.1) is 0 Å². The number of hydrogen-bond donors (Lipinski definition) is 1. The molecule has 0 unspecified atom stereocenters. The first-order chi connectivity index (χ1) is 8.60. The van der Waals surface area contributed by atoms with Crippen molar-refractivity contribution in [2.45, 2.75) is 0 Å². The summed E-state index contributed by atoms with van der Waals surface area (Å²) in [4.78, 5) is 4.29. The Balaban J connectivity index is 2.26. The van der Waals surface area contributed by atoms with Crippen molar-refractivity contribution in [2.24, 2.45) is 0 Å². The molecule has 0 bridgehead atoms. The molecule has 1 heterocycles. The highest BCUT2D eigenvalue weighted by Crippen LogP contribution is 2.31. The first-order valence-corrected chi connectivity index (χ1v) is 7.39. The Morgan fingerprint density at radius 2 is 1.89 bits per heavy atom. The van der Waals surface area contributed by atoms with E-state index in [1.807, 2.05) is 24.3 Å². The van der Waals surface area contributed by atoms with Crippen molar-refractivity contribution in [3.05, 3.63) is 43.9 Å². The van der Waals surface area contributed by atoms with Crippen molar-refractivity contribution in [3.8, 4) is 5.75 Å². The molecule has 3 nitrogen and oxygen atoms in total. The van der Waals surface area contributed by atoms with E-state index in [4.69, 9.17) is 4.74 Å². The molecule has 0 saturated heterocycles. The Kier molecular flexibility index (Phi) is 4.64. The number of nitrogens with one attached hydrogen (secondary N) is 1. The molecule has 0 aliphatic rings.